The van der Waals surface area contributed by atoms with E-state index in [1.807, 2.05) is 54.6 Å². The normalized spacial score (nSPS) is 18.1. The molecule has 0 bridgehead atoms. The number of benzene rings is 2. The third-order valence-electron chi connectivity index (χ3n) is 4.49. The zero-order chi connectivity index (χ0) is 18.2. The fraction of sp³-hybridized carbons (Fsp3) is 0.381. The summed E-state index contributed by atoms with van der Waals surface area (Å²) in [7, 11) is 0. The first kappa shape index (κ1) is 18.4. The van der Waals surface area contributed by atoms with Crippen molar-refractivity contribution in [1.82, 2.24) is 0 Å². The van der Waals surface area contributed by atoms with Crippen molar-refractivity contribution in [3.05, 3.63) is 60.2 Å². The second-order valence-corrected chi connectivity index (χ2v) is 6.57. The van der Waals surface area contributed by atoms with E-state index in [1.165, 1.54) is 6.42 Å². The lowest BCUT2D eigenvalue weighted by molar-refractivity contribution is -0.116. The number of nitrogens with one attached hydrogen (secondary N) is 1. The Morgan fingerprint density at radius 1 is 1.15 bits per heavy atom. The molecular formula is C21H26N2O3. The standard InChI is InChI=1S/C21H26N2O3/c22-18(16-8-2-1-3-9-16)14-21(24)23-19-11-4-5-12-20(19)26-15-17-10-6-7-13-25-17/h1-5,8-9,11-12,17-18H,6-7,10,13-15,22H2,(H,23,24). The number of nitrogens with two attached hydrogens (primary N) is 1. The molecule has 2 unspecified atom stereocenters. The van der Waals surface area contributed by atoms with Gasteiger partial charge in [0.25, 0.3) is 0 Å². The number of carbonyl (C=O) groups excluding carboxylic acids is 1. The van der Waals surface area contributed by atoms with E-state index in [0.29, 0.717) is 18.0 Å². The molecule has 0 spiro atoms. The Morgan fingerprint density at radius 2 is 1.92 bits per heavy atom. The van der Waals surface area contributed by atoms with E-state index in [-0.39, 0.29) is 24.5 Å². The maximum Gasteiger partial charge on any atom is 0.226 e. The number of ether oxygens (including phenoxy) is 2. The number of amides is 1. The van der Waals surface area contributed by atoms with Gasteiger partial charge >= 0.3 is 0 Å². The Kier molecular flexibility index (Phi) is 6.63. The molecule has 0 aliphatic carbocycles. The van der Waals surface area contributed by atoms with E-state index in [9.17, 15) is 4.79 Å². The fourth-order valence-corrected chi connectivity index (χ4v) is 3.04. The molecule has 138 valence electrons. The minimum Gasteiger partial charge on any atom is -0.489 e. The summed E-state index contributed by atoms with van der Waals surface area (Å²) in [5, 5.41) is 2.91. The van der Waals surface area contributed by atoms with Crippen molar-refractivity contribution in [2.45, 2.75) is 37.8 Å². The van der Waals surface area contributed by atoms with Crippen LogP contribution in [0.15, 0.2) is 54.6 Å². The van der Waals surface area contributed by atoms with Crippen molar-refractivity contribution in [2.75, 3.05) is 18.5 Å². The number of anilines is 1. The average molecular weight is 354 g/mol. The fourth-order valence-electron chi connectivity index (χ4n) is 3.04. The quantitative estimate of drug-likeness (QED) is 0.796. The van der Waals surface area contributed by atoms with Crippen LogP contribution in [0.4, 0.5) is 5.69 Å². The molecule has 1 saturated heterocycles. The van der Waals surface area contributed by atoms with Gasteiger partial charge < -0.3 is 20.5 Å². The molecule has 5 heteroatoms. The lowest BCUT2D eigenvalue weighted by Crippen LogP contribution is -2.26. The van der Waals surface area contributed by atoms with Gasteiger partial charge in [0.1, 0.15) is 12.4 Å². The van der Waals surface area contributed by atoms with E-state index < -0.39 is 0 Å². The van der Waals surface area contributed by atoms with Gasteiger partial charge in [-0.15, -0.1) is 0 Å². The summed E-state index contributed by atoms with van der Waals surface area (Å²) < 4.78 is 11.6. The summed E-state index contributed by atoms with van der Waals surface area (Å²) in [6.45, 7) is 1.29. The number of carbonyl (C=O) groups is 1. The molecule has 2 aromatic carbocycles. The van der Waals surface area contributed by atoms with E-state index >= 15 is 0 Å². The second kappa shape index (κ2) is 9.36. The summed E-state index contributed by atoms with van der Waals surface area (Å²) in [6, 6.07) is 16.8. The van der Waals surface area contributed by atoms with Crippen molar-refractivity contribution < 1.29 is 14.3 Å². The van der Waals surface area contributed by atoms with E-state index in [0.717, 1.165) is 25.0 Å². The molecule has 1 amide bonds. The lowest BCUT2D eigenvalue weighted by atomic mass is 10.0. The maximum atomic E-state index is 12.4. The molecule has 1 aliphatic heterocycles. The summed E-state index contributed by atoms with van der Waals surface area (Å²) in [6.07, 6.45) is 3.64. The molecule has 1 fully saturated rings. The zero-order valence-electron chi connectivity index (χ0n) is 14.9. The number of hydrogen-bond donors (Lipinski definition) is 2. The Morgan fingerprint density at radius 3 is 2.69 bits per heavy atom. The predicted molar refractivity (Wildman–Crippen MR) is 102 cm³/mol. The lowest BCUT2D eigenvalue weighted by Gasteiger charge is -2.23. The molecule has 2 aromatic rings. The van der Waals surface area contributed by atoms with Crippen molar-refractivity contribution in [3.63, 3.8) is 0 Å². The Bertz CT molecular complexity index is 699. The Labute approximate surface area is 154 Å². The molecule has 2 atom stereocenters. The smallest absolute Gasteiger partial charge is 0.226 e. The molecule has 3 rings (SSSR count). The number of rotatable bonds is 7. The van der Waals surface area contributed by atoms with Gasteiger partial charge in [0.2, 0.25) is 5.91 Å². The Balaban J connectivity index is 1.56. The van der Waals surface area contributed by atoms with Crippen LogP contribution in [0.25, 0.3) is 0 Å². The largest absolute Gasteiger partial charge is 0.489 e. The number of para-hydroxylation sites is 2. The van der Waals surface area contributed by atoms with E-state index in [1.54, 1.807) is 0 Å². The van der Waals surface area contributed by atoms with E-state index in [4.69, 9.17) is 15.2 Å². The van der Waals surface area contributed by atoms with Gasteiger partial charge in [-0.1, -0.05) is 42.5 Å². The van der Waals surface area contributed by atoms with Gasteiger partial charge in [0.15, 0.2) is 0 Å². The SMILES string of the molecule is NC(CC(=O)Nc1ccccc1OCC1CCCCO1)c1ccccc1. The van der Waals surface area contributed by atoms with Gasteiger partial charge in [0.05, 0.1) is 11.8 Å². The third kappa shape index (κ3) is 5.31. The second-order valence-electron chi connectivity index (χ2n) is 6.57. The van der Waals surface area contributed by atoms with Crippen LogP contribution >= 0.6 is 0 Å². The monoisotopic (exact) mass is 354 g/mol. The highest BCUT2D eigenvalue weighted by molar-refractivity contribution is 5.92. The highest BCUT2D eigenvalue weighted by Crippen LogP contribution is 2.26. The van der Waals surface area contributed by atoms with Gasteiger partial charge in [-0.2, -0.15) is 0 Å². The number of hydrogen-bond acceptors (Lipinski definition) is 4. The van der Waals surface area contributed by atoms with Crippen LogP contribution in [0, 0.1) is 0 Å². The topological polar surface area (TPSA) is 73.6 Å². The first-order valence-electron chi connectivity index (χ1n) is 9.16. The van der Waals surface area contributed by atoms with Crippen LogP contribution in [0.5, 0.6) is 5.75 Å². The highest BCUT2D eigenvalue weighted by atomic mass is 16.5. The molecular weight excluding hydrogens is 328 g/mol. The molecule has 3 N–H and O–H groups in total. The van der Waals surface area contributed by atoms with Crippen LogP contribution in [-0.2, 0) is 9.53 Å². The summed E-state index contributed by atoms with van der Waals surface area (Å²) >= 11 is 0. The molecule has 1 aliphatic rings. The zero-order valence-corrected chi connectivity index (χ0v) is 14.9. The molecule has 0 radical (unpaired) electrons. The van der Waals surface area contributed by atoms with Crippen molar-refractivity contribution in [1.29, 1.82) is 0 Å². The van der Waals surface area contributed by atoms with Gasteiger partial charge in [-0.3, -0.25) is 4.79 Å². The van der Waals surface area contributed by atoms with Gasteiger partial charge in [-0.25, -0.2) is 0 Å². The summed E-state index contributed by atoms with van der Waals surface area (Å²) in [4.78, 5) is 12.4. The van der Waals surface area contributed by atoms with Gasteiger partial charge in [0, 0.05) is 19.1 Å². The molecule has 0 aromatic heterocycles. The van der Waals surface area contributed by atoms with Crippen LogP contribution in [0.1, 0.15) is 37.3 Å². The highest BCUT2D eigenvalue weighted by Gasteiger charge is 2.17. The maximum absolute atomic E-state index is 12.4. The molecule has 5 nitrogen and oxygen atoms in total. The molecule has 1 heterocycles. The minimum atomic E-state index is -0.333. The molecule has 26 heavy (non-hydrogen) atoms. The summed E-state index contributed by atoms with van der Waals surface area (Å²) in [5.74, 6) is 0.523. The minimum absolute atomic E-state index is 0.124. The van der Waals surface area contributed by atoms with Crippen molar-refractivity contribution >= 4 is 11.6 Å². The predicted octanol–water partition coefficient (Wildman–Crippen LogP) is 3.66. The average Bonchev–Trinajstić information content (AvgIpc) is 2.68. The Hall–Kier alpha value is -2.37. The first-order chi connectivity index (χ1) is 12.7. The van der Waals surface area contributed by atoms with E-state index in [2.05, 4.69) is 5.32 Å². The van der Waals surface area contributed by atoms with Gasteiger partial charge in [-0.05, 0) is 37.0 Å². The molecule has 0 saturated carbocycles. The van der Waals surface area contributed by atoms with Crippen LogP contribution < -0.4 is 15.8 Å². The van der Waals surface area contributed by atoms with Crippen LogP contribution in [0.2, 0.25) is 0 Å². The summed E-state index contributed by atoms with van der Waals surface area (Å²) in [5.41, 5.74) is 7.74. The van der Waals surface area contributed by atoms with Crippen molar-refractivity contribution in [2.24, 2.45) is 5.73 Å². The third-order valence-corrected chi connectivity index (χ3v) is 4.49. The van der Waals surface area contributed by atoms with Crippen molar-refractivity contribution in [3.8, 4) is 5.75 Å². The first-order valence-corrected chi connectivity index (χ1v) is 9.16. The van der Waals surface area contributed by atoms with Crippen LogP contribution in [-0.4, -0.2) is 25.2 Å². The van der Waals surface area contributed by atoms with Crippen LogP contribution in [0.3, 0.4) is 0 Å².